The molecule has 0 atom stereocenters. The molecule has 2 rings (SSSR count). The fourth-order valence-corrected chi connectivity index (χ4v) is 2.06. The highest BCUT2D eigenvalue weighted by molar-refractivity contribution is 5.93. The van der Waals surface area contributed by atoms with Crippen LogP contribution >= 0.6 is 0 Å². The number of aryl methyl sites for hydroxylation is 1. The molecule has 4 heteroatoms. The fourth-order valence-electron chi connectivity index (χ4n) is 2.06. The van der Waals surface area contributed by atoms with Gasteiger partial charge in [0.15, 0.2) is 5.43 Å². The zero-order valence-corrected chi connectivity index (χ0v) is 11.5. The number of nitrogens with one attached hydrogen (secondary N) is 1. The molecule has 1 N–H and O–H groups in total. The van der Waals surface area contributed by atoms with Crippen molar-refractivity contribution in [2.45, 2.75) is 12.8 Å². The summed E-state index contributed by atoms with van der Waals surface area (Å²) in [4.78, 5) is 28.1. The van der Waals surface area contributed by atoms with Crippen molar-refractivity contribution in [2.75, 3.05) is 13.6 Å². The highest BCUT2D eigenvalue weighted by atomic mass is 16.2. The van der Waals surface area contributed by atoms with E-state index in [1.807, 2.05) is 18.2 Å². The number of nitrogens with zero attached hydrogens (tertiary/aromatic N) is 1. The molecule has 0 radical (unpaired) electrons. The predicted octanol–water partition coefficient (Wildman–Crippen LogP) is 2.08. The number of aromatic nitrogens is 1. The van der Waals surface area contributed by atoms with Crippen LogP contribution in [-0.2, 0) is 6.42 Å². The van der Waals surface area contributed by atoms with Crippen LogP contribution in [0.2, 0.25) is 0 Å². The number of H-pyrrole nitrogens is 1. The highest BCUT2D eigenvalue weighted by Crippen LogP contribution is 2.04. The van der Waals surface area contributed by atoms with Gasteiger partial charge in [-0.3, -0.25) is 9.59 Å². The van der Waals surface area contributed by atoms with E-state index in [1.54, 1.807) is 11.9 Å². The molecule has 0 unspecified atom stereocenters. The molecule has 1 aromatic carbocycles. The van der Waals surface area contributed by atoms with E-state index < -0.39 is 0 Å². The lowest BCUT2D eigenvalue weighted by Gasteiger charge is -2.16. The van der Waals surface area contributed by atoms with Gasteiger partial charge in [0.05, 0.1) is 0 Å². The van der Waals surface area contributed by atoms with Crippen molar-refractivity contribution in [2.24, 2.45) is 0 Å². The summed E-state index contributed by atoms with van der Waals surface area (Å²) < 4.78 is 0. The SMILES string of the molecule is CN(CCCc1ccccc1)C(=O)c1c[nH]ccc1=O. The summed E-state index contributed by atoms with van der Waals surface area (Å²) in [5.74, 6) is -0.236. The van der Waals surface area contributed by atoms with Crippen LogP contribution in [0, 0.1) is 0 Å². The van der Waals surface area contributed by atoms with Gasteiger partial charge in [0, 0.05) is 32.1 Å². The second-order valence-corrected chi connectivity index (χ2v) is 4.74. The van der Waals surface area contributed by atoms with Gasteiger partial charge in [-0.15, -0.1) is 0 Å². The average molecular weight is 270 g/mol. The van der Waals surface area contributed by atoms with Crippen LogP contribution < -0.4 is 5.43 Å². The minimum Gasteiger partial charge on any atom is -0.367 e. The Morgan fingerprint density at radius 2 is 1.95 bits per heavy atom. The van der Waals surface area contributed by atoms with Gasteiger partial charge in [0.25, 0.3) is 5.91 Å². The number of benzene rings is 1. The topological polar surface area (TPSA) is 53.2 Å². The second-order valence-electron chi connectivity index (χ2n) is 4.74. The maximum atomic E-state index is 12.1. The van der Waals surface area contributed by atoms with Crippen molar-refractivity contribution in [3.05, 3.63) is 70.1 Å². The molecule has 20 heavy (non-hydrogen) atoms. The molecule has 1 aromatic heterocycles. The summed E-state index contributed by atoms with van der Waals surface area (Å²) >= 11 is 0. The number of rotatable bonds is 5. The lowest BCUT2D eigenvalue weighted by Crippen LogP contribution is -2.31. The summed E-state index contributed by atoms with van der Waals surface area (Å²) in [5.41, 5.74) is 1.20. The van der Waals surface area contributed by atoms with E-state index >= 15 is 0 Å². The standard InChI is InChI=1S/C16H18N2O2/c1-18(11-5-8-13-6-3-2-4-7-13)16(20)14-12-17-10-9-15(14)19/h2-4,6-7,9-10,12H,5,8,11H2,1H3,(H,17,19). The second kappa shape index (κ2) is 6.70. The van der Waals surface area contributed by atoms with E-state index in [0.717, 1.165) is 12.8 Å². The van der Waals surface area contributed by atoms with Crippen molar-refractivity contribution in [1.29, 1.82) is 0 Å². The number of aromatic amines is 1. The summed E-state index contributed by atoms with van der Waals surface area (Å²) in [6, 6.07) is 11.5. The summed E-state index contributed by atoms with van der Waals surface area (Å²) in [5, 5.41) is 0. The van der Waals surface area contributed by atoms with E-state index in [1.165, 1.54) is 24.0 Å². The van der Waals surface area contributed by atoms with Crippen LogP contribution in [-0.4, -0.2) is 29.4 Å². The summed E-state index contributed by atoms with van der Waals surface area (Å²) in [6.45, 7) is 0.627. The monoisotopic (exact) mass is 270 g/mol. The van der Waals surface area contributed by atoms with Crippen LogP contribution in [0.4, 0.5) is 0 Å². The minimum atomic E-state index is -0.247. The number of hydrogen-bond donors (Lipinski definition) is 1. The van der Waals surface area contributed by atoms with Crippen LogP contribution in [0.5, 0.6) is 0 Å². The smallest absolute Gasteiger partial charge is 0.259 e. The molecule has 0 spiro atoms. The van der Waals surface area contributed by atoms with Crippen LogP contribution in [0.15, 0.2) is 53.6 Å². The van der Waals surface area contributed by atoms with Crippen molar-refractivity contribution in [1.82, 2.24) is 9.88 Å². The zero-order chi connectivity index (χ0) is 14.4. The molecule has 0 aliphatic rings. The molecule has 4 nitrogen and oxygen atoms in total. The van der Waals surface area contributed by atoms with E-state index in [4.69, 9.17) is 0 Å². The first-order valence-electron chi connectivity index (χ1n) is 6.65. The zero-order valence-electron chi connectivity index (χ0n) is 11.5. The Labute approximate surface area is 118 Å². The molecular formula is C16H18N2O2. The van der Waals surface area contributed by atoms with Gasteiger partial charge >= 0.3 is 0 Å². The maximum Gasteiger partial charge on any atom is 0.259 e. The molecule has 0 aliphatic carbocycles. The van der Waals surface area contributed by atoms with Gasteiger partial charge in [-0.25, -0.2) is 0 Å². The van der Waals surface area contributed by atoms with Crippen molar-refractivity contribution in [3.63, 3.8) is 0 Å². The van der Waals surface area contributed by atoms with Gasteiger partial charge in [0.1, 0.15) is 5.56 Å². The number of pyridine rings is 1. The first-order valence-corrected chi connectivity index (χ1v) is 6.65. The molecule has 1 amide bonds. The molecule has 0 bridgehead atoms. The quantitative estimate of drug-likeness (QED) is 0.904. The third-order valence-corrected chi connectivity index (χ3v) is 3.20. The van der Waals surface area contributed by atoms with Gasteiger partial charge in [-0.1, -0.05) is 30.3 Å². The number of amides is 1. The van der Waals surface area contributed by atoms with Gasteiger partial charge in [-0.05, 0) is 18.4 Å². The van der Waals surface area contributed by atoms with Crippen molar-refractivity contribution >= 4 is 5.91 Å². The van der Waals surface area contributed by atoms with Crippen LogP contribution in [0.3, 0.4) is 0 Å². The first-order chi connectivity index (χ1) is 9.68. The summed E-state index contributed by atoms with van der Waals surface area (Å²) in [6.07, 6.45) is 4.77. The Hall–Kier alpha value is -2.36. The lowest BCUT2D eigenvalue weighted by molar-refractivity contribution is 0.0792. The lowest BCUT2D eigenvalue weighted by atomic mass is 10.1. The van der Waals surface area contributed by atoms with Gasteiger partial charge < -0.3 is 9.88 Å². The molecule has 0 saturated heterocycles. The van der Waals surface area contributed by atoms with Crippen LogP contribution in [0.1, 0.15) is 22.3 Å². The Balaban J connectivity index is 1.89. The minimum absolute atomic E-state index is 0.190. The number of carbonyl (C=O) groups is 1. The molecule has 104 valence electrons. The van der Waals surface area contributed by atoms with Crippen LogP contribution in [0.25, 0.3) is 0 Å². The molecule has 2 aromatic rings. The van der Waals surface area contributed by atoms with E-state index in [0.29, 0.717) is 6.54 Å². The normalized spacial score (nSPS) is 10.2. The van der Waals surface area contributed by atoms with Crippen molar-refractivity contribution in [3.8, 4) is 0 Å². The number of carbonyl (C=O) groups excluding carboxylic acids is 1. The van der Waals surface area contributed by atoms with Crippen molar-refractivity contribution < 1.29 is 4.79 Å². The van der Waals surface area contributed by atoms with Gasteiger partial charge in [-0.2, -0.15) is 0 Å². The van der Waals surface area contributed by atoms with E-state index in [-0.39, 0.29) is 16.9 Å². The fraction of sp³-hybridized carbons (Fsp3) is 0.250. The molecule has 0 saturated carbocycles. The third kappa shape index (κ3) is 3.57. The third-order valence-electron chi connectivity index (χ3n) is 3.20. The molecule has 0 fully saturated rings. The largest absolute Gasteiger partial charge is 0.367 e. The Kier molecular flexibility index (Phi) is 4.71. The predicted molar refractivity (Wildman–Crippen MR) is 78.8 cm³/mol. The van der Waals surface area contributed by atoms with E-state index in [9.17, 15) is 9.59 Å². The Bertz CT molecular complexity index is 620. The Morgan fingerprint density at radius 1 is 1.20 bits per heavy atom. The Morgan fingerprint density at radius 3 is 2.65 bits per heavy atom. The molecule has 1 heterocycles. The van der Waals surface area contributed by atoms with E-state index in [2.05, 4.69) is 17.1 Å². The maximum absolute atomic E-state index is 12.1. The highest BCUT2D eigenvalue weighted by Gasteiger charge is 2.14. The molecule has 0 aliphatic heterocycles. The number of hydrogen-bond acceptors (Lipinski definition) is 2. The average Bonchev–Trinajstić information content (AvgIpc) is 2.48. The first kappa shape index (κ1) is 14.1. The summed E-state index contributed by atoms with van der Waals surface area (Å²) in [7, 11) is 1.72. The molecular weight excluding hydrogens is 252 g/mol. The van der Waals surface area contributed by atoms with Gasteiger partial charge in [0.2, 0.25) is 0 Å².